The Kier molecular flexibility index (Phi) is 7.29. The van der Waals surface area contributed by atoms with Gasteiger partial charge in [0.2, 0.25) is 0 Å². The normalized spacial score (nSPS) is 11.8. The van der Waals surface area contributed by atoms with Crippen molar-refractivity contribution in [2.45, 2.75) is 9.79 Å². The van der Waals surface area contributed by atoms with Gasteiger partial charge >= 0.3 is 0 Å². The van der Waals surface area contributed by atoms with E-state index in [-0.39, 0.29) is 72.6 Å². The van der Waals surface area contributed by atoms with Crippen molar-refractivity contribution in [1.82, 2.24) is 0 Å². The molecule has 2 rings (SSSR count). The number of hydrogen-bond donors (Lipinski definition) is 2. The Morgan fingerprint density at radius 2 is 1.00 bits per heavy atom. The van der Waals surface area contributed by atoms with Gasteiger partial charge in [-0.3, -0.25) is 9.11 Å². The predicted octanol–water partition coefficient (Wildman–Crippen LogP) is 2.77. The Morgan fingerprint density at radius 3 is 1.26 bits per heavy atom. The topological polar surface area (TPSA) is 109 Å². The maximum Gasteiger partial charge on any atom is 0.295 e. The van der Waals surface area contributed by atoms with Gasteiger partial charge in [-0.1, -0.05) is 35.3 Å². The Balaban J connectivity index is 0.00000264. The largest absolute Gasteiger partial charge is 0.295 e. The Hall–Kier alpha value is 0.476. The van der Waals surface area contributed by atoms with Crippen LogP contribution in [0.3, 0.4) is 0 Å². The monoisotopic (exact) mass is 421 g/mol. The van der Waals surface area contributed by atoms with Gasteiger partial charge < -0.3 is 0 Å². The minimum Gasteiger partial charge on any atom is -0.282 e. The molecule has 0 atom stereocenters. The second-order valence-corrected chi connectivity index (χ2v) is 7.88. The smallest absolute Gasteiger partial charge is 0.282 e. The molecule has 2 aromatic rings. The van der Waals surface area contributed by atoms with Crippen LogP contribution in [-0.2, 0) is 20.2 Å². The minimum atomic E-state index is -4.67. The van der Waals surface area contributed by atoms with Gasteiger partial charge in [-0.05, 0) is 24.3 Å². The number of halogens is 2. The molecule has 0 amide bonds. The molecular formula is C12H8Cl2KO6S2. The average molecular weight is 422 g/mol. The summed E-state index contributed by atoms with van der Waals surface area (Å²) in [6.45, 7) is 0. The fraction of sp³-hybridized carbons (Fsp3) is 0. The van der Waals surface area contributed by atoms with Crippen LogP contribution < -0.4 is 0 Å². The first-order valence-corrected chi connectivity index (χ1v) is 9.18. The summed E-state index contributed by atoms with van der Waals surface area (Å²) in [4.78, 5) is -1.18. The number of rotatable bonds is 3. The van der Waals surface area contributed by atoms with Crippen LogP contribution in [0.15, 0.2) is 46.2 Å². The van der Waals surface area contributed by atoms with Gasteiger partial charge in [0.05, 0.1) is 0 Å². The third kappa shape index (κ3) is 5.22. The molecule has 0 aromatic heterocycles. The molecule has 0 bridgehead atoms. The summed E-state index contributed by atoms with van der Waals surface area (Å²) < 4.78 is 64.4. The molecule has 0 unspecified atom stereocenters. The van der Waals surface area contributed by atoms with E-state index in [9.17, 15) is 25.9 Å². The molecule has 0 saturated carbocycles. The minimum absolute atomic E-state index is 0. The van der Waals surface area contributed by atoms with Crippen molar-refractivity contribution in [3.8, 4) is 11.1 Å². The van der Waals surface area contributed by atoms with E-state index in [2.05, 4.69) is 0 Å². The third-order valence-electron chi connectivity index (χ3n) is 2.73. The van der Waals surface area contributed by atoms with Gasteiger partial charge in [0.1, 0.15) is 9.79 Å². The molecule has 0 saturated heterocycles. The summed E-state index contributed by atoms with van der Waals surface area (Å²) in [5.41, 5.74) is -0.285. The first-order valence-electron chi connectivity index (χ1n) is 5.54. The molecule has 0 aliphatic heterocycles. The third-order valence-corrected chi connectivity index (χ3v) is 4.99. The van der Waals surface area contributed by atoms with Crippen LogP contribution >= 0.6 is 23.2 Å². The second-order valence-electron chi connectivity index (χ2n) is 4.23. The van der Waals surface area contributed by atoms with Crippen molar-refractivity contribution in [3.05, 3.63) is 46.4 Å². The molecule has 11 heteroatoms. The van der Waals surface area contributed by atoms with Crippen molar-refractivity contribution in [3.63, 3.8) is 0 Å². The van der Waals surface area contributed by atoms with Gasteiger partial charge in [-0.2, -0.15) is 16.8 Å². The summed E-state index contributed by atoms with van der Waals surface area (Å²) >= 11 is 11.4. The van der Waals surface area contributed by atoms with Crippen molar-refractivity contribution in [2.75, 3.05) is 0 Å². The standard InChI is InChI=1S/C12H8Cl2O6S2.K/c13-7-1-3-9(11(5-7)21(15,16)17)10-4-2-8(14)6-12(10)22(18,19)20;/h1-6H,(H,15,16,17)(H,18,19,20);. The number of hydrogen-bond acceptors (Lipinski definition) is 4. The van der Waals surface area contributed by atoms with Crippen LogP contribution in [-0.4, -0.2) is 77.3 Å². The van der Waals surface area contributed by atoms with E-state index in [1.807, 2.05) is 0 Å². The number of benzene rings is 2. The maximum atomic E-state index is 11.5. The Morgan fingerprint density at radius 1 is 0.696 bits per heavy atom. The van der Waals surface area contributed by atoms with Crippen molar-refractivity contribution < 1.29 is 25.9 Å². The molecule has 6 nitrogen and oxygen atoms in total. The molecule has 0 spiro atoms. The van der Waals surface area contributed by atoms with E-state index >= 15 is 0 Å². The summed E-state index contributed by atoms with van der Waals surface area (Å²) in [5, 5.41) is 0.0532. The van der Waals surface area contributed by atoms with E-state index in [1.54, 1.807) is 0 Å². The molecule has 0 heterocycles. The van der Waals surface area contributed by atoms with Gasteiger partial charge in [0.15, 0.2) is 0 Å². The maximum absolute atomic E-state index is 11.5. The summed E-state index contributed by atoms with van der Waals surface area (Å²) in [7, 11) is -9.34. The molecule has 119 valence electrons. The molecule has 23 heavy (non-hydrogen) atoms. The van der Waals surface area contributed by atoms with Crippen LogP contribution in [0.2, 0.25) is 10.0 Å². The van der Waals surface area contributed by atoms with E-state index < -0.39 is 30.0 Å². The summed E-state index contributed by atoms with van der Waals surface area (Å²) in [6, 6.07) is 6.98. The Labute approximate surface area is 185 Å². The van der Waals surface area contributed by atoms with Crippen molar-refractivity contribution in [2.24, 2.45) is 0 Å². The van der Waals surface area contributed by atoms with Crippen LogP contribution in [0.1, 0.15) is 0 Å². The SMILES string of the molecule is O=S(=O)(O)c1cc(Cl)ccc1-c1ccc(Cl)cc1S(=O)(=O)O.[K]. The van der Waals surface area contributed by atoms with E-state index in [4.69, 9.17) is 23.2 Å². The first kappa shape index (κ1) is 21.5. The molecule has 1 radical (unpaired) electrons. The average Bonchev–Trinajstić information content (AvgIpc) is 2.37. The van der Waals surface area contributed by atoms with E-state index in [0.29, 0.717) is 0 Å². The summed E-state index contributed by atoms with van der Waals surface area (Å²) in [6.07, 6.45) is 0. The van der Waals surface area contributed by atoms with Gasteiger partial charge in [-0.25, -0.2) is 0 Å². The molecule has 0 aliphatic rings. The van der Waals surface area contributed by atoms with Crippen LogP contribution in [0.5, 0.6) is 0 Å². The van der Waals surface area contributed by atoms with Crippen molar-refractivity contribution >= 4 is 94.8 Å². The second kappa shape index (κ2) is 7.79. The zero-order chi connectivity index (χ0) is 16.7. The van der Waals surface area contributed by atoms with Crippen LogP contribution in [0, 0.1) is 0 Å². The molecule has 0 fully saturated rings. The molecule has 2 aromatic carbocycles. The van der Waals surface area contributed by atoms with Crippen LogP contribution in [0.25, 0.3) is 11.1 Å². The van der Waals surface area contributed by atoms with E-state index in [1.165, 1.54) is 24.3 Å². The van der Waals surface area contributed by atoms with Crippen LogP contribution in [0.4, 0.5) is 0 Å². The quantitative estimate of drug-likeness (QED) is 0.582. The van der Waals surface area contributed by atoms with Gasteiger partial charge in [0, 0.05) is 72.6 Å². The Bertz CT molecular complexity index is 878. The predicted molar refractivity (Wildman–Crippen MR) is 87.3 cm³/mol. The zero-order valence-corrected chi connectivity index (χ0v) is 17.8. The first-order chi connectivity index (χ1) is 10.00. The van der Waals surface area contributed by atoms with Gasteiger partial charge in [0.25, 0.3) is 20.2 Å². The fourth-order valence-electron chi connectivity index (χ4n) is 1.86. The van der Waals surface area contributed by atoms with Crippen molar-refractivity contribution in [1.29, 1.82) is 0 Å². The zero-order valence-electron chi connectivity index (χ0n) is 11.6. The fourth-order valence-corrected chi connectivity index (χ4v) is 3.80. The molecule has 0 aliphatic carbocycles. The molecule has 2 N–H and O–H groups in total. The van der Waals surface area contributed by atoms with E-state index in [0.717, 1.165) is 12.1 Å². The van der Waals surface area contributed by atoms with Gasteiger partial charge in [-0.15, -0.1) is 0 Å². The molecular weight excluding hydrogens is 414 g/mol. The summed E-state index contributed by atoms with van der Waals surface area (Å²) in [5.74, 6) is 0.